The number of sulfonamides is 1. The molecule has 152 valence electrons. The minimum absolute atomic E-state index is 0.0327. The number of para-hydroxylation sites is 2. The minimum atomic E-state index is -3.73. The van der Waals surface area contributed by atoms with E-state index in [1.165, 1.54) is 21.3 Å². The highest BCUT2D eigenvalue weighted by Crippen LogP contribution is 2.32. The molecule has 9 heteroatoms. The number of carbonyl (C=O) groups excluding carboxylic acids is 2. The second kappa shape index (κ2) is 7.57. The van der Waals surface area contributed by atoms with Crippen LogP contribution in [-0.4, -0.2) is 44.2 Å². The van der Waals surface area contributed by atoms with Gasteiger partial charge < -0.3 is 10.2 Å². The van der Waals surface area contributed by atoms with Crippen LogP contribution in [0.25, 0.3) is 0 Å². The van der Waals surface area contributed by atoms with Crippen molar-refractivity contribution in [1.82, 2.24) is 4.31 Å². The number of nitrogens with zero attached hydrogens (tertiary/aromatic N) is 2. The number of amides is 2. The minimum Gasteiger partial charge on any atom is -0.323 e. The zero-order valence-electron chi connectivity index (χ0n) is 15.5. The highest BCUT2D eigenvalue weighted by Gasteiger charge is 2.36. The molecule has 2 aromatic carbocycles. The van der Waals surface area contributed by atoms with Crippen molar-refractivity contribution in [2.45, 2.75) is 17.7 Å². The Hall–Kier alpha value is -2.78. The van der Waals surface area contributed by atoms with Gasteiger partial charge in [0, 0.05) is 19.0 Å². The van der Waals surface area contributed by atoms with E-state index in [2.05, 4.69) is 5.32 Å². The maximum Gasteiger partial charge on any atom is 0.244 e. The van der Waals surface area contributed by atoms with E-state index < -0.39 is 15.8 Å². The third kappa shape index (κ3) is 3.75. The molecule has 2 amide bonds. The highest BCUT2D eigenvalue weighted by atomic mass is 32.2. The zero-order valence-corrected chi connectivity index (χ0v) is 16.4. The van der Waals surface area contributed by atoms with Crippen molar-refractivity contribution in [3.8, 4) is 0 Å². The molecule has 1 fully saturated rings. The summed E-state index contributed by atoms with van der Waals surface area (Å²) in [7, 11) is -3.73. The second-order valence-electron chi connectivity index (χ2n) is 7.12. The van der Waals surface area contributed by atoms with Crippen LogP contribution < -0.4 is 10.2 Å². The number of piperidine rings is 1. The van der Waals surface area contributed by atoms with Crippen molar-refractivity contribution >= 4 is 33.2 Å². The number of hydrogen-bond acceptors (Lipinski definition) is 4. The first-order chi connectivity index (χ1) is 13.9. The first-order valence-electron chi connectivity index (χ1n) is 9.32. The van der Waals surface area contributed by atoms with Crippen LogP contribution in [0.4, 0.5) is 15.8 Å². The topological polar surface area (TPSA) is 86.8 Å². The monoisotopic (exact) mass is 417 g/mol. The number of fused-ring (bicyclic) bond motifs is 1. The molecule has 0 saturated carbocycles. The Bertz CT molecular complexity index is 1050. The van der Waals surface area contributed by atoms with Gasteiger partial charge in [0.05, 0.1) is 16.3 Å². The number of hydrogen-bond donors (Lipinski definition) is 1. The Morgan fingerprint density at radius 3 is 2.38 bits per heavy atom. The van der Waals surface area contributed by atoms with Gasteiger partial charge in [-0.2, -0.15) is 4.31 Å². The van der Waals surface area contributed by atoms with Crippen molar-refractivity contribution < 1.29 is 22.4 Å². The van der Waals surface area contributed by atoms with Crippen molar-refractivity contribution in [2.24, 2.45) is 5.92 Å². The average Bonchev–Trinajstić information content (AvgIpc) is 2.73. The molecule has 0 aromatic heterocycles. The van der Waals surface area contributed by atoms with E-state index in [1.54, 1.807) is 24.3 Å². The molecule has 1 N–H and O–H groups in total. The quantitative estimate of drug-likeness (QED) is 0.830. The molecule has 0 bridgehead atoms. The molecule has 0 spiro atoms. The molecule has 29 heavy (non-hydrogen) atoms. The van der Waals surface area contributed by atoms with Gasteiger partial charge in [-0.05, 0) is 49.2 Å². The number of anilines is 2. The largest absolute Gasteiger partial charge is 0.323 e. The van der Waals surface area contributed by atoms with Gasteiger partial charge >= 0.3 is 0 Å². The third-order valence-corrected chi connectivity index (χ3v) is 7.20. The van der Waals surface area contributed by atoms with Crippen molar-refractivity contribution in [1.29, 1.82) is 0 Å². The molecule has 4 rings (SSSR count). The van der Waals surface area contributed by atoms with Crippen LogP contribution in [-0.2, 0) is 19.6 Å². The van der Waals surface area contributed by atoms with Crippen molar-refractivity contribution in [2.75, 3.05) is 29.9 Å². The summed E-state index contributed by atoms with van der Waals surface area (Å²) in [6.07, 6.45) is 0.721. The van der Waals surface area contributed by atoms with E-state index in [0.717, 1.165) is 12.1 Å². The Balaban J connectivity index is 1.47. The van der Waals surface area contributed by atoms with E-state index in [4.69, 9.17) is 0 Å². The maximum absolute atomic E-state index is 13.1. The van der Waals surface area contributed by atoms with Gasteiger partial charge in [0.2, 0.25) is 21.8 Å². The summed E-state index contributed by atoms with van der Waals surface area (Å²) in [5, 5.41) is 2.75. The summed E-state index contributed by atoms with van der Waals surface area (Å²) in [5.41, 5.74) is 1.24. The number of rotatable bonds is 3. The molecule has 2 aliphatic heterocycles. The first kappa shape index (κ1) is 19.5. The molecule has 2 aromatic rings. The molecular weight excluding hydrogens is 397 g/mol. The summed E-state index contributed by atoms with van der Waals surface area (Å²) in [5.74, 6) is -1.30. The number of halogens is 1. The summed E-state index contributed by atoms with van der Waals surface area (Å²) < 4.78 is 39.9. The lowest BCUT2D eigenvalue weighted by Gasteiger charge is -2.35. The summed E-state index contributed by atoms with van der Waals surface area (Å²) in [6.45, 7) is 0.333. The molecule has 7 nitrogen and oxygen atoms in total. The van der Waals surface area contributed by atoms with Gasteiger partial charge in [0.25, 0.3) is 0 Å². The van der Waals surface area contributed by atoms with Gasteiger partial charge in [-0.3, -0.25) is 9.59 Å². The van der Waals surface area contributed by atoms with E-state index in [9.17, 15) is 22.4 Å². The van der Waals surface area contributed by atoms with Crippen molar-refractivity contribution in [3.63, 3.8) is 0 Å². The summed E-state index contributed by atoms with van der Waals surface area (Å²) in [4.78, 5) is 26.5. The van der Waals surface area contributed by atoms with E-state index in [0.29, 0.717) is 24.2 Å². The van der Waals surface area contributed by atoms with Gasteiger partial charge in [-0.1, -0.05) is 12.1 Å². The molecule has 0 radical (unpaired) electrons. The standard InChI is InChI=1S/C20H20FN3O4S/c21-15-5-7-16(8-6-15)29(27,28)23-11-9-14(10-12-23)20(26)24-13-19(25)22-17-3-1-2-4-18(17)24/h1-8,14H,9-13H2,(H,22,25). The second-order valence-corrected chi connectivity index (χ2v) is 9.06. The average molecular weight is 417 g/mol. The van der Waals surface area contributed by atoms with Crippen LogP contribution >= 0.6 is 0 Å². The van der Waals surface area contributed by atoms with Gasteiger partial charge in [-0.15, -0.1) is 0 Å². The fourth-order valence-electron chi connectivity index (χ4n) is 3.75. The molecule has 0 aliphatic carbocycles. The number of nitrogens with one attached hydrogen (secondary N) is 1. The molecule has 1 saturated heterocycles. The highest BCUT2D eigenvalue weighted by molar-refractivity contribution is 7.89. The zero-order chi connectivity index (χ0) is 20.6. The lowest BCUT2D eigenvalue weighted by Crippen LogP contribution is -2.48. The van der Waals surface area contributed by atoms with E-state index in [1.807, 2.05) is 0 Å². The Kier molecular flexibility index (Phi) is 5.10. The van der Waals surface area contributed by atoms with Crippen LogP contribution in [0.3, 0.4) is 0 Å². The number of benzene rings is 2. The van der Waals surface area contributed by atoms with Crippen LogP contribution in [0.1, 0.15) is 12.8 Å². The predicted molar refractivity (Wildman–Crippen MR) is 105 cm³/mol. The first-order valence-corrected chi connectivity index (χ1v) is 10.8. The Morgan fingerprint density at radius 2 is 1.69 bits per heavy atom. The Labute approximate surface area is 168 Å². The molecule has 0 atom stereocenters. The summed E-state index contributed by atoms with van der Waals surface area (Å²) >= 11 is 0. The van der Waals surface area contributed by atoms with Crippen LogP contribution in [0, 0.1) is 11.7 Å². The predicted octanol–water partition coefficient (Wildman–Crippen LogP) is 2.21. The fourth-order valence-corrected chi connectivity index (χ4v) is 5.22. The molecule has 2 aliphatic rings. The molecular formula is C20H20FN3O4S. The fraction of sp³-hybridized carbons (Fsp3) is 0.300. The van der Waals surface area contributed by atoms with E-state index >= 15 is 0 Å². The van der Waals surface area contributed by atoms with Crippen molar-refractivity contribution in [3.05, 3.63) is 54.3 Å². The van der Waals surface area contributed by atoms with Gasteiger partial charge in [0.15, 0.2) is 0 Å². The van der Waals surface area contributed by atoms with E-state index in [-0.39, 0.29) is 42.3 Å². The molecule has 0 unspecified atom stereocenters. The Morgan fingerprint density at radius 1 is 1.03 bits per heavy atom. The maximum atomic E-state index is 13.1. The van der Waals surface area contributed by atoms with Crippen LogP contribution in [0.5, 0.6) is 0 Å². The number of carbonyl (C=O) groups is 2. The normalized spacial score (nSPS) is 18.2. The smallest absolute Gasteiger partial charge is 0.244 e. The lowest BCUT2D eigenvalue weighted by molar-refractivity contribution is -0.125. The van der Waals surface area contributed by atoms with Crippen LogP contribution in [0.2, 0.25) is 0 Å². The van der Waals surface area contributed by atoms with Gasteiger partial charge in [-0.25, -0.2) is 12.8 Å². The SMILES string of the molecule is O=C1CN(C(=O)C2CCN(S(=O)(=O)c3ccc(F)cc3)CC2)c2ccccc2N1. The lowest BCUT2D eigenvalue weighted by atomic mass is 9.95. The van der Waals surface area contributed by atoms with Crippen LogP contribution in [0.15, 0.2) is 53.4 Å². The summed E-state index contributed by atoms with van der Waals surface area (Å²) in [6, 6.07) is 11.8. The third-order valence-electron chi connectivity index (χ3n) is 5.29. The van der Waals surface area contributed by atoms with Gasteiger partial charge in [0.1, 0.15) is 12.4 Å². The molecule has 2 heterocycles.